The van der Waals surface area contributed by atoms with Crippen LogP contribution >= 0.6 is 0 Å². The lowest BCUT2D eigenvalue weighted by atomic mass is 9.64. The van der Waals surface area contributed by atoms with Crippen molar-refractivity contribution in [2.75, 3.05) is 0 Å². The molecule has 128 valence electrons. The van der Waals surface area contributed by atoms with E-state index >= 15 is 0 Å². The summed E-state index contributed by atoms with van der Waals surface area (Å²) in [7, 11) is 0. The van der Waals surface area contributed by atoms with E-state index in [0.29, 0.717) is 6.61 Å². The van der Waals surface area contributed by atoms with Crippen molar-refractivity contribution in [1.29, 1.82) is 5.26 Å². The Balaban J connectivity index is 0.000000667. The maximum Gasteiger partial charge on any atom is 0.324 e. The van der Waals surface area contributed by atoms with E-state index in [0.717, 1.165) is 11.5 Å². The maximum absolute atomic E-state index is 7.32. The van der Waals surface area contributed by atoms with Crippen LogP contribution in [0.4, 0.5) is 0 Å². The summed E-state index contributed by atoms with van der Waals surface area (Å²) in [5.41, 5.74) is 2.50. The number of hydrogen-bond donors (Lipinski definition) is 0. The highest BCUT2D eigenvalue weighted by molar-refractivity contribution is 6.67. The molecule has 1 aliphatic rings. The molecule has 0 fully saturated rings. The van der Waals surface area contributed by atoms with E-state index in [4.69, 9.17) is 14.7 Å². The van der Waals surface area contributed by atoms with E-state index in [2.05, 4.69) is 19.0 Å². The van der Waals surface area contributed by atoms with Gasteiger partial charge < -0.3 is 9.39 Å². The van der Waals surface area contributed by atoms with Gasteiger partial charge in [0.05, 0.1) is 12.7 Å². The van der Waals surface area contributed by atoms with Crippen LogP contribution in [0.25, 0.3) is 0 Å². The van der Waals surface area contributed by atoms with Crippen molar-refractivity contribution in [2.45, 2.75) is 48.0 Å². The van der Waals surface area contributed by atoms with Crippen molar-refractivity contribution < 1.29 is 9.39 Å². The summed E-state index contributed by atoms with van der Waals surface area (Å²) in [5, 5.41) is 7.32. The van der Waals surface area contributed by atoms with Crippen LogP contribution in [0.15, 0.2) is 48.5 Å². The average molecular weight is 325 g/mol. The van der Waals surface area contributed by atoms with E-state index in [1.807, 2.05) is 64.1 Å². The summed E-state index contributed by atoms with van der Waals surface area (Å²) in [6.07, 6.45) is 0. The normalized spacial score (nSPS) is 10.5. The fourth-order valence-corrected chi connectivity index (χ4v) is 2.10. The van der Waals surface area contributed by atoms with Crippen LogP contribution in [0.3, 0.4) is 0 Å². The molecule has 1 heterocycles. The SMILES string of the molecule is CB1OCc2cc(Oc3ccccc3)ccc21.CC.CC.CC#N. The molecule has 0 bridgehead atoms. The Bertz CT molecular complexity index is 609. The van der Waals surface area contributed by atoms with Crippen LogP contribution in [-0.4, -0.2) is 6.92 Å². The minimum absolute atomic E-state index is 0.204. The predicted molar refractivity (Wildman–Crippen MR) is 103 cm³/mol. The van der Waals surface area contributed by atoms with Crippen LogP contribution < -0.4 is 10.2 Å². The van der Waals surface area contributed by atoms with E-state index in [9.17, 15) is 0 Å². The fraction of sp³-hybridized carbons (Fsp3) is 0.350. The Hall–Kier alpha value is -2.25. The second kappa shape index (κ2) is 13.2. The molecule has 0 saturated carbocycles. The monoisotopic (exact) mass is 325 g/mol. The van der Waals surface area contributed by atoms with Crippen molar-refractivity contribution in [2.24, 2.45) is 0 Å². The third kappa shape index (κ3) is 6.89. The number of ether oxygens (including phenoxy) is 1. The Kier molecular flexibility index (Phi) is 12.0. The number of para-hydroxylation sites is 1. The van der Waals surface area contributed by atoms with E-state index < -0.39 is 0 Å². The molecule has 2 aromatic carbocycles. The van der Waals surface area contributed by atoms with Gasteiger partial charge >= 0.3 is 6.92 Å². The largest absolute Gasteiger partial charge is 0.457 e. The van der Waals surface area contributed by atoms with E-state index in [1.165, 1.54) is 17.9 Å². The highest BCUT2D eigenvalue weighted by atomic mass is 16.5. The second-order valence-corrected chi connectivity index (χ2v) is 4.45. The van der Waals surface area contributed by atoms with Crippen molar-refractivity contribution in [1.82, 2.24) is 0 Å². The molecule has 1 aliphatic heterocycles. The zero-order chi connectivity index (χ0) is 18.4. The van der Waals surface area contributed by atoms with E-state index in [1.54, 1.807) is 6.07 Å². The number of rotatable bonds is 2. The van der Waals surface area contributed by atoms with Crippen LogP contribution in [0.1, 0.15) is 40.2 Å². The summed E-state index contributed by atoms with van der Waals surface area (Å²) < 4.78 is 11.4. The van der Waals surface area contributed by atoms with Crippen LogP contribution in [0, 0.1) is 11.3 Å². The molecule has 2 aromatic rings. The lowest BCUT2D eigenvalue weighted by Crippen LogP contribution is -2.23. The molecule has 0 saturated heterocycles. The highest BCUT2D eigenvalue weighted by Crippen LogP contribution is 2.23. The minimum atomic E-state index is 0.204. The predicted octanol–water partition coefficient (Wildman–Crippen LogP) is 5.42. The van der Waals surface area contributed by atoms with Gasteiger partial charge in [-0.3, -0.25) is 0 Å². The molecule has 0 N–H and O–H groups in total. The molecular weight excluding hydrogens is 297 g/mol. The smallest absolute Gasteiger partial charge is 0.324 e. The Morgan fingerprint density at radius 1 is 1.00 bits per heavy atom. The zero-order valence-corrected chi connectivity index (χ0v) is 15.7. The third-order valence-corrected chi connectivity index (χ3v) is 3.02. The van der Waals surface area contributed by atoms with E-state index in [-0.39, 0.29) is 6.92 Å². The summed E-state index contributed by atoms with van der Waals surface area (Å²) in [6.45, 7) is 12.4. The standard InChI is InChI=1S/C14H13BO2.C2H3N.2C2H6/c1-15-14-8-7-13(9-11(14)10-16-15)17-12-5-3-2-4-6-12;1-2-3;2*1-2/h2-9H,10H2,1H3;1H3;2*1-2H3. The topological polar surface area (TPSA) is 42.2 Å². The van der Waals surface area contributed by atoms with Gasteiger partial charge in [-0.25, -0.2) is 0 Å². The second-order valence-electron chi connectivity index (χ2n) is 4.45. The van der Waals surface area contributed by atoms with Gasteiger partial charge in [-0.2, -0.15) is 5.26 Å². The maximum atomic E-state index is 7.32. The first-order chi connectivity index (χ1) is 11.7. The first-order valence-corrected chi connectivity index (χ1v) is 8.52. The lowest BCUT2D eigenvalue weighted by molar-refractivity contribution is 0.333. The average Bonchev–Trinajstić information content (AvgIpc) is 3.01. The molecule has 4 heteroatoms. The fourth-order valence-electron chi connectivity index (χ4n) is 2.10. The van der Waals surface area contributed by atoms with Gasteiger partial charge in [0, 0.05) is 6.92 Å². The molecule has 3 rings (SSSR count). The first-order valence-electron chi connectivity index (χ1n) is 8.52. The number of benzene rings is 2. The van der Waals surface area contributed by atoms with Crippen molar-refractivity contribution in [3.63, 3.8) is 0 Å². The Labute approximate surface area is 147 Å². The molecule has 0 aromatic heterocycles. The molecule has 3 nitrogen and oxygen atoms in total. The van der Waals surface area contributed by atoms with Gasteiger partial charge in [-0.1, -0.05) is 58.8 Å². The summed E-state index contributed by atoms with van der Waals surface area (Å²) >= 11 is 0. The van der Waals surface area contributed by atoms with Gasteiger partial charge in [0.25, 0.3) is 0 Å². The Morgan fingerprint density at radius 2 is 1.58 bits per heavy atom. The molecule has 24 heavy (non-hydrogen) atoms. The molecule has 0 amide bonds. The molecule has 0 radical (unpaired) electrons. The summed E-state index contributed by atoms with van der Waals surface area (Å²) in [6, 6.07) is 17.7. The van der Waals surface area contributed by atoms with Gasteiger partial charge in [0.15, 0.2) is 0 Å². The van der Waals surface area contributed by atoms with Crippen molar-refractivity contribution in [3.05, 3.63) is 54.1 Å². The zero-order valence-electron chi connectivity index (χ0n) is 15.7. The molecule has 0 aliphatic carbocycles. The number of fused-ring (bicyclic) bond motifs is 1. The van der Waals surface area contributed by atoms with Crippen LogP contribution in [0.5, 0.6) is 11.5 Å². The number of hydrogen-bond acceptors (Lipinski definition) is 3. The Morgan fingerprint density at radius 3 is 2.17 bits per heavy atom. The molecule has 0 unspecified atom stereocenters. The number of nitrogens with zero attached hydrogens (tertiary/aromatic N) is 1. The van der Waals surface area contributed by atoms with Crippen molar-refractivity contribution >= 4 is 12.4 Å². The van der Waals surface area contributed by atoms with Crippen LogP contribution in [-0.2, 0) is 11.3 Å². The van der Waals surface area contributed by atoms with Gasteiger partial charge in [0.2, 0.25) is 0 Å². The summed E-state index contributed by atoms with van der Waals surface area (Å²) in [5.74, 6) is 1.73. The highest BCUT2D eigenvalue weighted by Gasteiger charge is 2.23. The minimum Gasteiger partial charge on any atom is -0.457 e. The summed E-state index contributed by atoms with van der Waals surface area (Å²) in [4.78, 5) is 0. The van der Waals surface area contributed by atoms with Gasteiger partial charge in [-0.05, 0) is 35.3 Å². The van der Waals surface area contributed by atoms with Gasteiger partial charge in [-0.15, -0.1) is 0 Å². The van der Waals surface area contributed by atoms with Crippen molar-refractivity contribution in [3.8, 4) is 17.6 Å². The first kappa shape index (κ1) is 21.8. The molecule has 0 atom stereocenters. The van der Waals surface area contributed by atoms with Crippen LogP contribution in [0.2, 0.25) is 6.82 Å². The third-order valence-electron chi connectivity index (χ3n) is 3.02. The molecular formula is C20H28BNO2. The quantitative estimate of drug-likeness (QED) is 0.692. The lowest BCUT2D eigenvalue weighted by Gasteiger charge is -2.07. The number of nitriles is 1. The van der Waals surface area contributed by atoms with Gasteiger partial charge in [0.1, 0.15) is 11.5 Å². The molecule has 0 spiro atoms.